The van der Waals surface area contributed by atoms with Gasteiger partial charge in [0.2, 0.25) is 0 Å². The normalized spacial score (nSPS) is 10.7. The Morgan fingerprint density at radius 2 is 1.75 bits per heavy atom. The molecule has 0 radical (unpaired) electrons. The van der Waals surface area contributed by atoms with Gasteiger partial charge >= 0.3 is 0 Å². The molecule has 2 N–H and O–H groups in total. The van der Waals surface area contributed by atoms with Crippen molar-refractivity contribution in [2.45, 2.75) is 33.4 Å². The summed E-state index contributed by atoms with van der Waals surface area (Å²) in [5, 5.41) is 5.69. The number of benzene rings is 2. The molecule has 1 aromatic heterocycles. The first-order valence-electron chi connectivity index (χ1n) is 9.22. The Kier molecular flexibility index (Phi) is 5.89. The van der Waals surface area contributed by atoms with Crippen LogP contribution in [0, 0.1) is 6.92 Å². The lowest BCUT2D eigenvalue weighted by Gasteiger charge is -2.13. The molecular weight excluding hydrogens is 352 g/mol. The Bertz CT molecular complexity index is 974. The van der Waals surface area contributed by atoms with Crippen molar-refractivity contribution >= 4 is 17.5 Å². The fourth-order valence-electron chi connectivity index (χ4n) is 2.85. The van der Waals surface area contributed by atoms with Crippen molar-refractivity contribution in [2.24, 2.45) is 0 Å². The van der Waals surface area contributed by atoms with Gasteiger partial charge in [0.25, 0.3) is 11.8 Å². The Balaban J connectivity index is 1.72. The summed E-state index contributed by atoms with van der Waals surface area (Å²) >= 11 is 0. The Hall–Kier alpha value is -3.41. The second kappa shape index (κ2) is 8.52. The van der Waals surface area contributed by atoms with E-state index in [2.05, 4.69) is 15.6 Å². The van der Waals surface area contributed by atoms with Gasteiger partial charge in [-0.15, -0.1) is 0 Å². The lowest BCUT2D eigenvalue weighted by molar-refractivity contribution is 0.0944. The molecule has 3 aromatic rings. The van der Waals surface area contributed by atoms with Crippen molar-refractivity contribution in [1.82, 2.24) is 14.9 Å². The van der Waals surface area contributed by atoms with Crippen molar-refractivity contribution in [2.75, 3.05) is 5.32 Å². The summed E-state index contributed by atoms with van der Waals surface area (Å²) in [5.74, 6) is 0.477. The molecular formula is C22H24N4O2. The van der Waals surface area contributed by atoms with E-state index in [4.69, 9.17) is 0 Å². The first-order chi connectivity index (χ1) is 13.4. The Morgan fingerprint density at radius 3 is 2.39 bits per heavy atom. The van der Waals surface area contributed by atoms with E-state index in [-0.39, 0.29) is 17.9 Å². The summed E-state index contributed by atoms with van der Waals surface area (Å²) in [5.41, 5.74) is 2.54. The smallest absolute Gasteiger partial charge is 0.255 e. The molecule has 0 saturated carbocycles. The minimum atomic E-state index is -0.254. The van der Waals surface area contributed by atoms with Gasteiger partial charge < -0.3 is 15.2 Å². The van der Waals surface area contributed by atoms with Crippen LogP contribution >= 0.6 is 0 Å². The molecule has 144 valence electrons. The molecule has 0 bridgehead atoms. The quantitative estimate of drug-likeness (QED) is 0.690. The molecule has 2 aromatic carbocycles. The Labute approximate surface area is 164 Å². The maximum Gasteiger partial charge on any atom is 0.255 e. The molecule has 2 amide bonds. The molecule has 0 fully saturated rings. The number of rotatable bonds is 6. The Morgan fingerprint density at radius 1 is 1.04 bits per heavy atom. The average Bonchev–Trinajstić information content (AvgIpc) is 3.06. The first-order valence-corrected chi connectivity index (χ1v) is 9.22. The second-order valence-electron chi connectivity index (χ2n) is 6.93. The third-order valence-electron chi connectivity index (χ3n) is 4.33. The number of hydrogen-bond acceptors (Lipinski definition) is 3. The van der Waals surface area contributed by atoms with E-state index >= 15 is 0 Å². The fraction of sp³-hybridized carbons (Fsp3) is 0.227. The largest absolute Gasteiger partial charge is 0.350 e. The number of aromatic nitrogens is 2. The zero-order valence-electron chi connectivity index (χ0n) is 16.3. The van der Waals surface area contributed by atoms with Gasteiger partial charge in [0.15, 0.2) is 0 Å². The molecule has 28 heavy (non-hydrogen) atoms. The highest BCUT2D eigenvalue weighted by molar-refractivity contribution is 6.09. The average molecular weight is 376 g/mol. The summed E-state index contributed by atoms with van der Waals surface area (Å²) < 4.78 is 2.04. The highest BCUT2D eigenvalue weighted by atomic mass is 16.2. The van der Waals surface area contributed by atoms with Gasteiger partial charge in [-0.05, 0) is 50.6 Å². The highest BCUT2D eigenvalue weighted by Gasteiger charge is 2.14. The minimum Gasteiger partial charge on any atom is -0.350 e. The molecule has 0 spiro atoms. The number of nitrogens with one attached hydrogen (secondary N) is 2. The van der Waals surface area contributed by atoms with E-state index in [0.717, 1.165) is 11.4 Å². The third kappa shape index (κ3) is 4.65. The molecule has 0 aliphatic rings. The van der Waals surface area contributed by atoms with Crippen LogP contribution in [-0.4, -0.2) is 27.4 Å². The summed E-state index contributed by atoms with van der Waals surface area (Å²) in [6.45, 7) is 6.44. The summed E-state index contributed by atoms with van der Waals surface area (Å²) in [6, 6.07) is 14.4. The zero-order valence-corrected chi connectivity index (χ0v) is 16.3. The maximum atomic E-state index is 12.6. The molecule has 1 heterocycles. The van der Waals surface area contributed by atoms with E-state index in [1.165, 1.54) is 0 Å². The van der Waals surface area contributed by atoms with Gasteiger partial charge in [0.1, 0.15) is 5.82 Å². The van der Waals surface area contributed by atoms with E-state index < -0.39 is 0 Å². The van der Waals surface area contributed by atoms with Gasteiger partial charge in [-0.2, -0.15) is 0 Å². The van der Waals surface area contributed by atoms with Crippen LogP contribution in [0.2, 0.25) is 0 Å². The van der Waals surface area contributed by atoms with Gasteiger partial charge in [-0.1, -0.05) is 24.3 Å². The highest BCUT2D eigenvalue weighted by Crippen LogP contribution is 2.17. The first kappa shape index (κ1) is 19.4. The van der Waals surface area contributed by atoms with Crippen LogP contribution in [0.5, 0.6) is 0 Å². The lowest BCUT2D eigenvalue weighted by Crippen LogP contribution is -2.31. The predicted molar refractivity (Wildman–Crippen MR) is 110 cm³/mol. The SMILES string of the molecule is Cc1nccn1Cc1ccc(C(=O)Nc2ccccc2C(=O)NC(C)C)cc1. The fourth-order valence-corrected chi connectivity index (χ4v) is 2.85. The maximum absolute atomic E-state index is 12.6. The minimum absolute atomic E-state index is 0.0166. The van der Waals surface area contributed by atoms with Gasteiger partial charge in [-0.25, -0.2) is 4.98 Å². The van der Waals surface area contributed by atoms with E-state index in [1.54, 1.807) is 42.6 Å². The molecule has 0 atom stereocenters. The zero-order chi connectivity index (χ0) is 20.1. The van der Waals surface area contributed by atoms with Crippen LogP contribution in [0.15, 0.2) is 60.9 Å². The standard InChI is InChI=1S/C22H24N4O2/c1-15(2)24-22(28)19-6-4-5-7-20(19)25-21(27)18-10-8-17(9-11-18)14-26-13-12-23-16(26)3/h4-13,15H,14H2,1-3H3,(H,24,28)(H,25,27). The predicted octanol–water partition coefficient (Wildman–Crippen LogP) is 3.63. The van der Waals surface area contributed by atoms with Crippen LogP contribution in [-0.2, 0) is 6.54 Å². The summed E-state index contributed by atoms with van der Waals surface area (Å²) in [4.78, 5) is 29.2. The van der Waals surface area contributed by atoms with Crippen LogP contribution in [0.25, 0.3) is 0 Å². The van der Waals surface area contributed by atoms with Crippen molar-refractivity contribution in [3.63, 3.8) is 0 Å². The van der Waals surface area contributed by atoms with E-state index in [0.29, 0.717) is 23.4 Å². The van der Waals surface area contributed by atoms with Crippen molar-refractivity contribution < 1.29 is 9.59 Å². The number of imidazole rings is 1. The number of anilines is 1. The van der Waals surface area contributed by atoms with Crippen molar-refractivity contribution in [3.8, 4) is 0 Å². The third-order valence-corrected chi connectivity index (χ3v) is 4.33. The number of hydrogen-bond donors (Lipinski definition) is 2. The topological polar surface area (TPSA) is 76.0 Å². The molecule has 6 heteroatoms. The molecule has 0 aliphatic carbocycles. The van der Waals surface area contributed by atoms with Crippen LogP contribution in [0.3, 0.4) is 0 Å². The number of carbonyl (C=O) groups excluding carboxylic acids is 2. The molecule has 3 rings (SSSR count). The van der Waals surface area contributed by atoms with Gasteiger partial charge in [-0.3, -0.25) is 9.59 Å². The monoisotopic (exact) mass is 376 g/mol. The van der Waals surface area contributed by atoms with E-state index in [9.17, 15) is 9.59 Å². The van der Waals surface area contributed by atoms with Gasteiger partial charge in [0.05, 0.1) is 11.3 Å². The molecule has 0 aliphatic heterocycles. The van der Waals surface area contributed by atoms with Crippen molar-refractivity contribution in [1.29, 1.82) is 0 Å². The van der Waals surface area contributed by atoms with Gasteiger partial charge in [0, 0.05) is 30.5 Å². The summed E-state index contributed by atoms with van der Waals surface area (Å²) in [6.07, 6.45) is 3.69. The number of carbonyl (C=O) groups is 2. The van der Waals surface area contributed by atoms with Crippen LogP contribution in [0.4, 0.5) is 5.69 Å². The molecule has 6 nitrogen and oxygen atoms in total. The number of amides is 2. The molecule has 0 unspecified atom stereocenters. The van der Waals surface area contributed by atoms with Crippen molar-refractivity contribution in [3.05, 3.63) is 83.4 Å². The van der Waals surface area contributed by atoms with Crippen LogP contribution in [0.1, 0.15) is 46.0 Å². The lowest BCUT2D eigenvalue weighted by atomic mass is 10.1. The van der Waals surface area contributed by atoms with E-state index in [1.807, 2.05) is 43.7 Å². The number of para-hydroxylation sites is 1. The number of aryl methyl sites for hydroxylation is 1. The van der Waals surface area contributed by atoms with Crippen LogP contribution < -0.4 is 10.6 Å². The second-order valence-corrected chi connectivity index (χ2v) is 6.93. The number of nitrogens with zero attached hydrogens (tertiary/aromatic N) is 2. The summed E-state index contributed by atoms with van der Waals surface area (Å²) in [7, 11) is 0. The molecule has 0 saturated heterocycles.